The summed E-state index contributed by atoms with van der Waals surface area (Å²) < 4.78 is 0. The molecule has 1 N–H and O–H groups in total. The molecule has 0 unspecified atom stereocenters. The number of aryl methyl sites for hydroxylation is 1. The molecule has 0 aliphatic carbocycles. The van der Waals surface area contributed by atoms with Gasteiger partial charge >= 0.3 is 6.41 Å². The van der Waals surface area contributed by atoms with E-state index >= 15 is 0 Å². The lowest BCUT2D eigenvalue weighted by atomic mass is 10.2. The number of hydrogen-bond donors (Lipinski definition) is 1. The third-order valence-corrected chi connectivity index (χ3v) is 2.74. The Morgan fingerprint density at radius 3 is 2.44 bits per heavy atom. The van der Waals surface area contributed by atoms with E-state index in [4.69, 9.17) is 0 Å². The predicted molar refractivity (Wildman–Crippen MR) is 63.8 cm³/mol. The van der Waals surface area contributed by atoms with Gasteiger partial charge < -0.3 is 5.32 Å². The Kier molecular flexibility index (Phi) is 3.54. The number of piperazine rings is 1. The number of hydrogen-bond acceptors (Lipinski definition) is 3. The molecule has 0 saturated carbocycles. The second-order valence-electron chi connectivity index (χ2n) is 3.94. The van der Waals surface area contributed by atoms with Crippen LogP contribution in [-0.2, 0) is 4.79 Å². The lowest BCUT2D eigenvalue weighted by Crippen LogP contribution is -2.52. The van der Waals surface area contributed by atoms with Gasteiger partial charge in [0.2, 0.25) is 0 Å². The van der Waals surface area contributed by atoms with Crippen molar-refractivity contribution in [2.45, 2.75) is 6.92 Å². The topological polar surface area (TPSA) is 35.6 Å². The maximum absolute atomic E-state index is 11.0. The molecular formula is C12H16N3O. The number of anilines is 1. The lowest BCUT2D eigenvalue weighted by Gasteiger charge is -2.34. The molecule has 0 atom stereocenters. The van der Waals surface area contributed by atoms with Crippen LogP contribution >= 0.6 is 0 Å². The minimum absolute atomic E-state index is 0.836. The smallest absolute Gasteiger partial charge is 0.314 e. The lowest BCUT2D eigenvalue weighted by molar-refractivity contribution is 0.246. The SMILES string of the molecule is Cc1ccc(N([C]=O)N2CCNCC2)cc1. The Hall–Kier alpha value is -1.39. The van der Waals surface area contributed by atoms with Crippen LogP contribution in [0.3, 0.4) is 0 Å². The highest BCUT2D eigenvalue weighted by atomic mass is 16.1. The van der Waals surface area contributed by atoms with E-state index in [1.807, 2.05) is 42.6 Å². The van der Waals surface area contributed by atoms with Crippen LogP contribution in [0, 0.1) is 6.92 Å². The van der Waals surface area contributed by atoms with E-state index in [9.17, 15) is 4.79 Å². The molecule has 1 aromatic carbocycles. The third kappa shape index (κ3) is 2.40. The predicted octanol–water partition coefficient (Wildman–Crippen LogP) is 0.689. The fourth-order valence-electron chi connectivity index (χ4n) is 1.81. The summed E-state index contributed by atoms with van der Waals surface area (Å²) in [5.74, 6) is 0. The van der Waals surface area contributed by atoms with Gasteiger partial charge in [-0.15, -0.1) is 0 Å². The first-order valence-corrected chi connectivity index (χ1v) is 5.51. The number of carbonyl (C=O) groups excluding carboxylic acids is 1. The van der Waals surface area contributed by atoms with Crippen LogP contribution < -0.4 is 10.3 Å². The fourth-order valence-corrected chi connectivity index (χ4v) is 1.81. The molecule has 1 fully saturated rings. The zero-order chi connectivity index (χ0) is 11.4. The van der Waals surface area contributed by atoms with E-state index in [0.29, 0.717) is 0 Å². The summed E-state index contributed by atoms with van der Waals surface area (Å²) >= 11 is 0. The summed E-state index contributed by atoms with van der Waals surface area (Å²) in [7, 11) is 0. The van der Waals surface area contributed by atoms with Gasteiger partial charge in [-0.1, -0.05) is 17.7 Å². The number of nitrogens with zero attached hydrogens (tertiary/aromatic N) is 2. The van der Waals surface area contributed by atoms with Crippen LogP contribution in [0.1, 0.15) is 5.56 Å². The van der Waals surface area contributed by atoms with Crippen molar-refractivity contribution in [3.05, 3.63) is 29.8 Å². The summed E-state index contributed by atoms with van der Waals surface area (Å²) in [5.41, 5.74) is 2.07. The van der Waals surface area contributed by atoms with Crippen LogP contribution in [0.5, 0.6) is 0 Å². The summed E-state index contributed by atoms with van der Waals surface area (Å²) in [6.07, 6.45) is 1.99. The van der Waals surface area contributed by atoms with Gasteiger partial charge in [0.05, 0.1) is 5.69 Å². The van der Waals surface area contributed by atoms with Gasteiger partial charge in [0.25, 0.3) is 0 Å². The molecule has 16 heavy (non-hydrogen) atoms. The molecule has 85 valence electrons. The van der Waals surface area contributed by atoms with Gasteiger partial charge in [-0.05, 0) is 19.1 Å². The van der Waals surface area contributed by atoms with E-state index in [-0.39, 0.29) is 0 Å². The highest BCUT2D eigenvalue weighted by molar-refractivity contribution is 5.74. The number of rotatable bonds is 3. The molecule has 1 heterocycles. The summed E-state index contributed by atoms with van der Waals surface area (Å²) in [4.78, 5) is 11.0. The molecule has 4 heteroatoms. The maximum atomic E-state index is 11.0. The van der Waals surface area contributed by atoms with Crippen molar-refractivity contribution >= 4 is 12.1 Å². The summed E-state index contributed by atoms with van der Waals surface area (Å²) in [6, 6.07) is 7.90. The minimum Gasteiger partial charge on any atom is -0.314 e. The monoisotopic (exact) mass is 218 g/mol. The van der Waals surface area contributed by atoms with Crippen LogP contribution in [0.25, 0.3) is 0 Å². The first-order chi connectivity index (χ1) is 7.81. The van der Waals surface area contributed by atoms with E-state index in [0.717, 1.165) is 31.9 Å². The fraction of sp³-hybridized carbons (Fsp3) is 0.417. The van der Waals surface area contributed by atoms with Crippen LogP contribution in [0.2, 0.25) is 0 Å². The Morgan fingerprint density at radius 1 is 1.25 bits per heavy atom. The quantitative estimate of drug-likeness (QED) is 0.758. The number of nitrogens with one attached hydrogen (secondary N) is 1. The number of hydrazine groups is 1. The molecule has 1 amide bonds. The molecule has 0 aromatic heterocycles. The Morgan fingerprint density at radius 2 is 1.88 bits per heavy atom. The molecule has 1 aromatic rings. The molecular weight excluding hydrogens is 202 g/mol. The van der Waals surface area contributed by atoms with Crippen molar-refractivity contribution in [1.29, 1.82) is 0 Å². The first-order valence-electron chi connectivity index (χ1n) is 5.51. The first kappa shape index (κ1) is 11.1. The van der Waals surface area contributed by atoms with Crippen molar-refractivity contribution in [3.8, 4) is 0 Å². The van der Waals surface area contributed by atoms with Crippen molar-refractivity contribution in [3.63, 3.8) is 0 Å². The molecule has 0 spiro atoms. The minimum atomic E-state index is 0.836. The van der Waals surface area contributed by atoms with Crippen LogP contribution in [0.4, 0.5) is 5.69 Å². The van der Waals surface area contributed by atoms with E-state index < -0.39 is 0 Å². The van der Waals surface area contributed by atoms with Crippen LogP contribution in [0.15, 0.2) is 24.3 Å². The third-order valence-electron chi connectivity index (χ3n) is 2.74. The Labute approximate surface area is 95.8 Å². The van der Waals surface area contributed by atoms with Gasteiger partial charge in [-0.3, -0.25) is 4.79 Å². The molecule has 1 aliphatic heterocycles. The van der Waals surface area contributed by atoms with Crippen molar-refractivity contribution in [2.75, 3.05) is 31.2 Å². The average molecular weight is 218 g/mol. The zero-order valence-electron chi connectivity index (χ0n) is 9.44. The maximum Gasteiger partial charge on any atom is 0.332 e. The molecule has 1 saturated heterocycles. The van der Waals surface area contributed by atoms with Crippen molar-refractivity contribution in [2.24, 2.45) is 0 Å². The highest BCUT2D eigenvalue weighted by Crippen LogP contribution is 2.16. The number of amides is 1. The van der Waals surface area contributed by atoms with E-state index in [1.54, 1.807) is 5.01 Å². The standard InChI is InChI=1S/C12H16N3O/c1-11-2-4-12(5-3-11)15(10-16)14-8-6-13-7-9-14/h2-5,13H,6-9H2,1H3. The summed E-state index contributed by atoms with van der Waals surface area (Å²) in [5, 5.41) is 6.83. The van der Waals surface area contributed by atoms with Gasteiger partial charge in [-0.25, -0.2) is 10.0 Å². The van der Waals surface area contributed by atoms with Gasteiger partial charge in [-0.2, -0.15) is 0 Å². The average Bonchev–Trinajstić information content (AvgIpc) is 2.34. The largest absolute Gasteiger partial charge is 0.332 e. The molecule has 2 rings (SSSR count). The second kappa shape index (κ2) is 5.09. The van der Waals surface area contributed by atoms with Crippen molar-refractivity contribution in [1.82, 2.24) is 10.3 Å². The normalized spacial score (nSPS) is 17.1. The van der Waals surface area contributed by atoms with Gasteiger partial charge in [0, 0.05) is 26.2 Å². The van der Waals surface area contributed by atoms with Crippen LogP contribution in [-0.4, -0.2) is 37.6 Å². The second-order valence-corrected chi connectivity index (χ2v) is 3.94. The van der Waals surface area contributed by atoms with E-state index in [2.05, 4.69) is 5.32 Å². The highest BCUT2D eigenvalue weighted by Gasteiger charge is 2.18. The Balaban J connectivity index is 2.14. The Bertz CT molecular complexity index is 344. The van der Waals surface area contributed by atoms with Gasteiger partial charge in [0.15, 0.2) is 0 Å². The molecule has 1 radical (unpaired) electrons. The van der Waals surface area contributed by atoms with E-state index in [1.165, 1.54) is 5.56 Å². The molecule has 0 bridgehead atoms. The molecule has 4 nitrogen and oxygen atoms in total. The number of benzene rings is 1. The summed E-state index contributed by atoms with van der Waals surface area (Å²) in [6.45, 7) is 5.52. The zero-order valence-corrected chi connectivity index (χ0v) is 9.44. The molecule has 1 aliphatic rings. The van der Waals surface area contributed by atoms with Gasteiger partial charge in [0.1, 0.15) is 0 Å². The van der Waals surface area contributed by atoms with Crippen molar-refractivity contribution < 1.29 is 4.79 Å².